The van der Waals surface area contributed by atoms with Crippen molar-refractivity contribution in [2.45, 2.75) is 71.3 Å². The largest absolute Gasteiger partial charge is 0.496 e. The van der Waals surface area contributed by atoms with E-state index in [9.17, 15) is 18.4 Å². The van der Waals surface area contributed by atoms with Crippen molar-refractivity contribution < 1.29 is 33.0 Å². The van der Waals surface area contributed by atoms with E-state index >= 15 is 0 Å². The van der Waals surface area contributed by atoms with E-state index in [4.69, 9.17) is 14.6 Å². The Morgan fingerprint density at radius 3 is 2.36 bits per heavy atom. The number of hydrogen-bond donors (Lipinski definition) is 2. The van der Waals surface area contributed by atoms with E-state index in [0.29, 0.717) is 11.4 Å². The minimum absolute atomic E-state index is 0.143. The molecule has 0 fully saturated rings. The number of carbonyl (C=O) groups is 2. The van der Waals surface area contributed by atoms with Gasteiger partial charge in [0.2, 0.25) is 0 Å². The molecule has 3 aromatic rings. The molecule has 1 heterocycles. The normalized spacial score (nSPS) is 12.3. The highest BCUT2D eigenvalue weighted by Crippen LogP contribution is 2.39. The van der Waals surface area contributed by atoms with Crippen LogP contribution >= 0.6 is 11.3 Å². The number of thiazole rings is 1. The quantitative estimate of drug-likeness (QED) is 0.126. The van der Waals surface area contributed by atoms with Gasteiger partial charge in [-0.15, -0.1) is 11.3 Å². The summed E-state index contributed by atoms with van der Waals surface area (Å²) >= 11 is 1.16. The zero-order chi connectivity index (χ0) is 30.6. The Kier molecular flexibility index (Phi) is 12.6. The number of nitrogens with zero attached hydrogens (tertiary/aromatic N) is 1. The smallest absolute Gasteiger partial charge is 0.331 e. The number of nitrogens with one attached hydrogen (secondary N) is 1. The summed E-state index contributed by atoms with van der Waals surface area (Å²) in [4.78, 5) is 28.3. The lowest BCUT2D eigenvalue weighted by Gasteiger charge is -2.20. The second-order valence-corrected chi connectivity index (χ2v) is 10.9. The summed E-state index contributed by atoms with van der Waals surface area (Å²) in [5, 5.41) is 13.6. The monoisotopic (exact) mass is 600 g/mol. The summed E-state index contributed by atoms with van der Waals surface area (Å²) in [5.74, 6) is -3.52. The Bertz CT molecular complexity index is 1380. The highest BCUT2D eigenvalue weighted by atomic mass is 32.1. The molecule has 0 spiro atoms. The van der Waals surface area contributed by atoms with Crippen LogP contribution in [-0.2, 0) is 9.53 Å². The number of carboxylic acid groups (broad SMARTS) is 1. The summed E-state index contributed by atoms with van der Waals surface area (Å²) < 4.78 is 40.7. The number of hydrogen-bond acceptors (Lipinski definition) is 6. The van der Waals surface area contributed by atoms with Crippen molar-refractivity contribution in [3.05, 3.63) is 69.6 Å². The first-order valence-electron chi connectivity index (χ1n) is 14.1. The van der Waals surface area contributed by atoms with Crippen LogP contribution in [0, 0.1) is 11.6 Å². The van der Waals surface area contributed by atoms with Crippen molar-refractivity contribution in [2.75, 3.05) is 19.5 Å². The Hall–Kier alpha value is -3.63. The molecule has 0 saturated carbocycles. The van der Waals surface area contributed by atoms with Gasteiger partial charge in [-0.2, -0.15) is 0 Å². The maximum Gasteiger partial charge on any atom is 0.331 e. The van der Waals surface area contributed by atoms with Crippen LogP contribution in [0.3, 0.4) is 0 Å². The number of anilines is 1. The van der Waals surface area contributed by atoms with E-state index in [2.05, 4.69) is 17.2 Å². The average Bonchev–Trinajstić information content (AvgIpc) is 3.44. The van der Waals surface area contributed by atoms with Crippen molar-refractivity contribution in [2.24, 2.45) is 0 Å². The molecule has 0 aliphatic rings. The number of amides is 1. The van der Waals surface area contributed by atoms with Gasteiger partial charge in [0.15, 0.2) is 5.13 Å². The van der Waals surface area contributed by atoms with Crippen LogP contribution in [0.25, 0.3) is 17.3 Å². The molecule has 7 nitrogen and oxygen atoms in total. The SMILES string of the molecule is CCCCCCCCCC(OC)c1cccc(-c2csc(NC(=O)c3cc(F)c(/C=C(\C)C(=O)O)c(F)c3)n2)c1OC. The number of ether oxygens (including phenoxy) is 2. The maximum absolute atomic E-state index is 14.5. The van der Waals surface area contributed by atoms with Gasteiger partial charge >= 0.3 is 5.97 Å². The predicted molar refractivity (Wildman–Crippen MR) is 162 cm³/mol. The fourth-order valence-electron chi connectivity index (χ4n) is 4.68. The van der Waals surface area contributed by atoms with Crippen molar-refractivity contribution in [1.82, 2.24) is 4.98 Å². The lowest BCUT2D eigenvalue weighted by molar-refractivity contribution is -0.132. The molecule has 2 aromatic carbocycles. The number of halogens is 2. The minimum atomic E-state index is -1.30. The van der Waals surface area contributed by atoms with Crippen molar-refractivity contribution >= 4 is 34.4 Å². The fraction of sp³-hybridized carbons (Fsp3) is 0.406. The highest BCUT2D eigenvalue weighted by molar-refractivity contribution is 7.14. The molecule has 1 unspecified atom stereocenters. The number of aliphatic carboxylic acids is 1. The van der Waals surface area contributed by atoms with Gasteiger partial charge in [0.05, 0.1) is 18.9 Å². The molecular formula is C32H38F2N2O5S. The molecule has 0 aliphatic heterocycles. The van der Waals surface area contributed by atoms with Crippen molar-refractivity contribution in [3.8, 4) is 17.0 Å². The molecule has 226 valence electrons. The van der Waals surface area contributed by atoms with Crippen molar-refractivity contribution in [1.29, 1.82) is 0 Å². The number of para-hydroxylation sites is 1. The van der Waals surface area contributed by atoms with E-state index in [-0.39, 0.29) is 22.4 Å². The molecule has 1 aromatic heterocycles. The number of methoxy groups -OCH3 is 2. The first-order chi connectivity index (χ1) is 20.2. The first kappa shape index (κ1) is 32.9. The number of carbonyl (C=O) groups excluding carboxylic acids is 1. The molecule has 0 radical (unpaired) electrons. The minimum Gasteiger partial charge on any atom is -0.496 e. The molecule has 0 saturated heterocycles. The van der Waals surface area contributed by atoms with Crippen LogP contribution in [0.15, 0.2) is 41.3 Å². The summed E-state index contributed by atoms with van der Waals surface area (Å²) in [6.45, 7) is 3.43. The van der Waals surface area contributed by atoms with E-state index < -0.39 is 29.1 Å². The number of aromatic nitrogens is 1. The lowest BCUT2D eigenvalue weighted by Crippen LogP contribution is -2.13. The van der Waals surface area contributed by atoms with E-state index in [1.54, 1.807) is 19.6 Å². The van der Waals surface area contributed by atoms with E-state index in [1.165, 1.54) is 39.0 Å². The first-order valence-corrected chi connectivity index (χ1v) is 15.0. The van der Waals surface area contributed by atoms with Gasteiger partial charge in [-0.3, -0.25) is 10.1 Å². The topological polar surface area (TPSA) is 97.8 Å². The Morgan fingerprint density at radius 2 is 1.74 bits per heavy atom. The molecule has 42 heavy (non-hydrogen) atoms. The lowest BCUT2D eigenvalue weighted by atomic mass is 9.98. The summed E-state index contributed by atoms with van der Waals surface area (Å²) in [6.07, 6.45) is 10.1. The summed E-state index contributed by atoms with van der Waals surface area (Å²) in [7, 11) is 3.29. The third-order valence-electron chi connectivity index (χ3n) is 6.99. The number of benzene rings is 2. The molecule has 2 N–H and O–H groups in total. The average molecular weight is 601 g/mol. The molecule has 10 heteroatoms. The maximum atomic E-state index is 14.5. The molecular weight excluding hydrogens is 562 g/mol. The van der Waals surface area contributed by atoms with Gasteiger partial charge in [0.25, 0.3) is 5.91 Å². The summed E-state index contributed by atoms with van der Waals surface area (Å²) in [6, 6.07) is 7.48. The second-order valence-electron chi connectivity index (χ2n) is 10.0. The van der Waals surface area contributed by atoms with Crippen LogP contribution in [0.4, 0.5) is 13.9 Å². The molecule has 1 amide bonds. The molecule has 1 atom stereocenters. The third kappa shape index (κ3) is 8.69. The zero-order valence-corrected chi connectivity index (χ0v) is 25.3. The molecule has 3 rings (SSSR count). The van der Waals surface area contributed by atoms with E-state index in [0.717, 1.165) is 59.9 Å². The van der Waals surface area contributed by atoms with Gasteiger partial charge in [-0.25, -0.2) is 18.6 Å². The van der Waals surface area contributed by atoms with Crippen LogP contribution in [0.5, 0.6) is 5.75 Å². The van der Waals surface area contributed by atoms with Gasteiger partial charge in [-0.05, 0) is 37.6 Å². The van der Waals surface area contributed by atoms with Gasteiger partial charge < -0.3 is 14.6 Å². The van der Waals surface area contributed by atoms with Gasteiger partial charge in [-0.1, -0.05) is 64.0 Å². The zero-order valence-electron chi connectivity index (χ0n) is 24.5. The van der Waals surface area contributed by atoms with Crippen molar-refractivity contribution in [3.63, 3.8) is 0 Å². The Balaban J connectivity index is 1.74. The predicted octanol–water partition coefficient (Wildman–Crippen LogP) is 8.67. The Labute approximate surface area is 249 Å². The van der Waals surface area contributed by atoms with Crippen LogP contribution < -0.4 is 10.1 Å². The van der Waals surface area contributed by atoms with E-state index in [1.807, 2.05) is 18.2 Å². The Morgan fingerprint density at radius 1 is 1.07 bits per heavy atom. The number of unbranched alkanes of at least 4 members (excludes halogenated alkanes) is 6. The van der Waals surface area contributed by atoms with Crippen LogP contribution in [0.1, 0.15) is 92.8 Å². The van der Waals surface area contributed by atoms with Gasteiger partial charge in [0, 0.05) is 40.3 Å². The van der Waals surface area contributed by atoms with Crippen LogP contribution in [0.2, 0.25) is 0 Å². The highest BCUT2D eigenvalue weighted by Gasteiger charge is 2.21. The summed E-state index contributed by atoms with van der Waals surface area (Å²) in [5.41, 5.74) is 1.18. The van der Waals surface area contributed by atoms with Gasteiger partial charge in [0.1, 0.15) is 17.4 Å². The molecule has 0 bridgehead atoms. The third-order valence-corrected chi connectivity index (χ3v) is 7.75. The number of rotatable bonds is 16. The van der Waals surface area contributed by atoms with Crippen LogP contribution in [-0.4, -0.2) is 36.2 Å². The standard InChI is InChI=1S/C32H38F2N2O5S/c1-5-6-7-8-9-10-11-15-28(40-3)23-14-12-13-22(29(23)41-4)27-19-42-32(35-27)36-30(37)21-17-25(33)24(26(34)18-21)16-20(2)31(38)39/h12-14,16-19,28H,5-11,15H2,1-4H3,(H,38,39)(H,35,36,37)/b20-16+. The second kappa shape index (κ2) is 16.1. The fourth-order valence-corrected chi connectivity index (χ4v) is 5.39. The number of carboxylic acids is 1. The molecule has 0 aliphatic carbocycles.